The number of hydrogen-bond acceptors (Lipinski definition) is 12. The topological polar surface area (TPSA) is 199 Å². The molecule has 1 unspecified atom stereocenters. The van der Waals surface area contributed by atoms with Crippen molar-refractivity contribution >= 4 is 47.1 Å². The van der Waals surface area contributed by atoms with Crippen molar-refractivity contribution < 1.29 is 33.5 Å². The maximum Gasteiger partial charge on any atom is 0.320 e. The smallest absolute Gasteiger partial charge is 0.320 e. The van der Waals surface area contributed by atoms with E-state index in [-0.39, 0.29) is 30.5 Å². The van der Waals surface area contributed by atoms with Crippen LogP contribution in [0, 0.1) is 5.92 Å². The van der Waals surface area contributed by atoms with E-state index in [1.54, 1.807) is 12.1 Å². The second-order valence-electron chi connectivity index (χ2n) is 19.9. The van der Waals surface area contributed by atoms with E-state index in [1.807, 2.05) is 70.2 Å². The van der Waals surface area contributed by atoms with Gasteiger partial charge < -0.3 is 35.4 Å². The van der Waals surface area contributed by atoms with Gasteiger partial charge in [0.2, 0.25) is 11.8 Å². The molecule has 4 aromatic rings. The number of urea groups is 1. The number of nitrogens with one attached hydrogen (secondary N) is 2. The van der Waals surface area contributed by atoms with Crippen LogP contribution in [-0.2, 0) is 9.59 Å². The Kier molecular flexibility index (Phi) is 12.5. The number of likely N-dealkylation sites (tertiary alicyclic amines) is 3. The summed E-state index contributed by atoms with van der Waals surface area (Å²) >= 11 is 0. The number of ether oxygens (including phenoxy) is 1. The van der Waals surface area contributed by atoms with E-state index >= 15 is 0 Å². The van der Waals surface area contributed by atoms with E-state index in [0.717, 1.165) is 139 Å². The molecule has 4 N–H and O–H groups in total. The number of hydrogen-bond donors (Lipinski definition) is 3. The second kappa shape index (κ2) is 19.2. The number of carbonyl (C=O) groups excluding carboxylic acids is 6. The summed E-state index contributed by atoms with van der Waals surface area (Å²) in [5, 5.41) is 10.8. The lowest BCUT2D eigenvalue weighted by Gasteiger charge is -2.46. The van der Waals surface area contributed by atoms with Gasteiger partial charge in [-0.05, 0) is 125 Å². The van der Waals surface area contributed by atoms with Crippen LogP contribution in [0.4, 0.5) is 16.3 Å². The molecule has 8 heterocycles. The lowest BCUT2D eigenvalue weighted by atomic mass is 9.85. The van der Waals surface area contributed by atoms with Gasteiger partial charge in [-0.1, -0.05) is 18.2 Å². The molecule has 3 aromatic carbocycles. The number of benzene rings is 3. The summed E-state index contributed by atoms with van der Waals surface area (Å²) in [7, 11) is 0. The zero-order valence-electron chi connectivity index (χ0n) is 39.5. The molecule has 5 saturated heterocycles. The van der Waals surface area contributed by atoms with Crippen molar-refractivity contribution in [1.82, 2.24) is 39.6 Å². The Morgan fingerprint density at radius 3 is 1.93 bits per heavy atom. The maximum atomic E-state index is 13.8. The molecule has 2 atom stereocenters. The van der Waals surface area contributed by atoms with Gasteiger partial charge in [-0.25, -0.2) is 9.48 Å². The molecule has 11 rings (SSSR count). The van der Waals surface area contributed by atoms with E-state index in [0.29, 0.717) is 46.4 Å². The third kappa shape index (κ3) is 8.75. The van der Waals surface area contributed by atoms with Crippen LogP contribution in [0.15, 0.2) is 72.8 Å². The first-order valence-electron chi connectivity index (χ1n) is 25.2. The summed E-state index contributed by atoms with van der Waals surface area (Å²) in [6.07, 6.45) is 7.05. The number of nitrogens with zero attached hydrogens (tertiary/aromatic N) is 8. The van der Waals surface area contributed by atoms with Crippen LogP contribution < -0.4 is 26.0 Å². The number of aromatic nitrogens is 2. The Hall–Kier alpha value is -6.79. The van der Waals surface area contributed by atoms with E-state index in [9.17, 15) is 28.8 Å². The van der Waals surface area contributed by atoms with Gasteiger partial charge in [0.15, 0.2) is 0 Å². The van der Waals surface area contributed by atoms with Crippen molar-refractivity contribution in [2.75, 3.05) is 82.2 Å². The first-order chi connectivity index (χ1) is 34.1. The average Bonchev–Trinajstić information content (AvgIpc) is 3.91. The lowest BCUT2D eigenvalue weighted by Crippen LogP contribution is -2.56. The molecule has 1 aromatic heterocycles. The highest BCUT2D eigenvalue weighted by Crippen LogP contribution is 2.41. The number of carbonyl (C=O) groups is 6. The Balaban J connectivity index is 0.627. The quantitative estimate of drug-likeness (QED) is 0.195. The molecular formula is C52H61N11O7. The Morgan fingerprint density at radius 2 is 1.29 bits per heavy atom. The molecule has 0 aliphatic carbocycles. The number of nitrogens with two attached hydrogens (primary N) is 1. The fraction of sp³-hybridized carbons (Fsp3) is 0.481. The summed E-state index contributed by atoms with van der Waals surface area (Å²) < 4.78 is 8.04. The van der Waals surface area contributed by atoms with Gasteiger partial charge in [-0.3, -0.25) is 39.1 Å². The highest BCUT2D eigenvalue weighted by atomic mass is 16.5. The Labute approximate surface area is 407 Å². The van der Waals surface area contributed by atoms with Crippen LogP contribution in [0.25, 0.3) is 11.3 Å². The Bertz CT molecular complexity index is 2660. The molecule has 18 heteroatoms. The van der Waals surface area contributed by atoms with Gasteiger partial charge in [0.25, 0.3) is 17.7 Å². The molecule has 0 spiro atoms. The first kappa shape index (κ1) is 45.6. The standard InChI is InChI=1S/C52H61N11O7/c53-47(65)45-46(34-6-9-39(10-7-34)70-38-4-2-1-3-5-38)56-63-42(14-21-54-48(45)63)33-15-22-57(23-16-33)35-17-24-60(25-18-35)52(69)61-26-19-36(20-27-61)58-28-30-59(31-29-58)37-8-11-40-41(32-37)51(68)62(50(40)67)43-12-13-44(64)55-49(43)66/h1-11,32-33,35-36,42-43,54H,12-31H2,(H2,53,65)(H,55,64,66)/t42-,43?/m0/s1. The average molecular weight is 952 g/mol. The van der Waals surface area contributed by atoms with Crippen LogP contribution in [0.2, 0.25) is 0 Å². The molecule has 7 aliphatic rings. The predicted octanol–water partition coefficient (Wildman–Crippen LogP) is 4.78. The number of rotatable bonds is 9. The molecular weight excluding hydrogens is 891 g/mol. The number of anilines is 2. The minimum Gasteiger partial charge on any atom is -0.457 e. The first-order valence-corrected chi connectivity index (χ1v) is 25.2. The molecule has 0 bridgehead atoms. The van der Waals surface area contributed by atoms with Gasteiger partial charge >= 0.3 is 6.03 Å². The van der Waals surface area contributed by atoms with Gasteiger partial charge in [0.05, 0.1) is 17.2 Å². The maximum absolute atomic E-state index is 13.8. The number of fused-ring (bicyclic) bond motifs is 2. The van der Waals surface area contributed by atoms with Gasteiger partial charge in [-0.2, -0.15) is 5.10 Å². The van der Waals surface area contributed by atoms with E-state index < -0.39 is 35.6 Å². The minimum absolute atomic E-state index is 0.0852. The van der Waals surface area contributed by atoms with Gasteiger partial charge in [0, 0.05) is 88.7 Å². The Morgan fingerprint density at radius 1 is 0.657 bits per heavy atom. The summed E-state index contributed by atoms with van der Waals surface area (Å²) in [5.41, 5.74) is 9.30. The highest BCUT2D eigenvalue weighted by Gasteiger charge is 2.45. The number of piperidine rings is 4. The van der Waals surface area contributed by atoms with Crippen LogP contribution in [0.3, 0.4) is 0 Å². The summed E-state index contributed by atoms with van der Waals surface area (Å²) in [6, 6.07) is 22.8. The van der Waals surface area contributed by atoms with Gasteiger partial charge in [-0.15, -0.1) is 0 Å². The molecule has 70 heavy (non-hydrogen) atoms. The number of piperazine rings is 1. The molecule has 7 amide bonds. The van der Waals surface area contributed by atoms with Crippen LogP contribution in [-0.4, -0.2) is 160 Å². The van der Waals surface area contributed by atoms with Crippen molar-refractivity contribution in [2.24, 2.45) is 11.7 Å². The number of primary amides is 1. The fourth-order valence-electron chi connectivity index (χ4n) is 12.2. The zero-order valence-corrected chi connectivity index (χ0v) is 39.5. The largest absolute Gasteiger partial charge is 0.457 e. The van der Waals surface area contributed by atoms with Crippen LogP contribution in [0.1, 0.15) is 94.9 Å². The summed E-state index contributed by atoms with van der Waals surface area (Å²) in [6.45, 7) is 9.05. The molecule has 0 saturated carbocycles. The monoisotopic (exact) mass is 951 g/mol. The number of amides is 7. The van der Waals surface area contributed by atoms with Gasteiger partial charge in [0.1, 0.15) is 34.6 Å². The van der Waals surface area contributed by atoms with Crippen LogP contribution >= 0.6 is 0 Å². The van der Waals surface area contributed by atoms with E-state index in [4.69, 9.17) is 15.6 Å². The molecule has 5 fully saturated rings. The van der Waals surface area contributed by atoms with Crippen molar-refractivity contribution in [3.63, 3.8) is 0 Å². The number of imide groups is 2. The third-order valence-electron chi connectivity index (χ3n) is 16.0. The summed E-state index contributed by atoms with van der Waals surface area (Å²) in [4.78, 5) is 90.1. The lowest BCUT2D eigenvalue weighted by molar-refractivity contribution is -0.136. The van der Waals surface area contributed by atoms with E-state index in [2.05, 4.69) is 30.2 Å². The number of para-hydroxylation sites is 1. The normalized spacial score (nSPS) is 23.3. The SMILES string of the molecule is NC(=O)c1c(-c2ccc(Oc3ccccc3)cc2)nn2c1NCC[C@H]2C1CCN(C2CCN(C(=O)N3CCC(N4CCN(c5ccc6c(c5)C(=O)N(C5CCC(=O)NC5=O)C6=O)CC4)CC3)CC2)CC1. The molecule has 366 valence electrons. The van der Waals surface area contributed by atoms with Crippen molar-refractivity contribution in [1.29, 1.82) is 0 Å². The van der Waals surface area contributed by atoms with Crippen LogP contribution in [0.5, 0.6) is 11.5 Å². The summed E-state index contributed by atoms with van der Waals surface area (Å²) in [5.74, 6) is 0.0893. The van der Waals surface area contributed by atoms with Crippen molar-refractivity contribution in [2.45, 2.75) is 82.0 Å². The molecule has 0 radical (unpaired) electrons. The highest BCUT2D eigenvalue weighted by molar-refractivity contribution is 6.23. The zero-order chi connectivity index (χ0) is 48.0. The fourth-order valence-corrected chi connectivity index (χ4v) is 12.2. The molecule has 7 aliphatic heterocycles. The molecule has 18 nitrogen and oxygen atoms in total. The minimum atomic E-state index is -0.984. The third-order valence-corrected chi connectivity index (χ3v) is 16.0. The van der Waals surface area contributed by atoms with Crippen molar-refractivity contribution in [3.8, 4) is 22.8 Å². The second-order valence-corrected chi connectivity index (χ2v) is 19.9. The predicted molar refractivity (Wildman–Crippen MR) is 261 cm³/mol. The van der Waals surface area contributed by atoms with Crippen molar-refractivity contribution in [3.05, 3.63) is 89.5 Å². The van der Waals surface area contributed by atoms with E-state index in [1.165, 1.54) is 0 Å².